The van der Waals surface area contributed by atoms with Gasteiger partial charge in [0.2, 0.25) is 5.88 Å². The van der Waals surface area contributed by atoms with Gasteiger partial charge in [0.1, 0.15) is 0 Å². The molecule has 1 unspecified atom stereocenters. The Kier molecular flexibility index (Phi) is 4.94. The summed E-state index contributed by atoms with van der Waals surface area (Å²) >= 11 is 1.77. The maximum atomic E-state index is 13.3. The van der Waals surface area contributed by atoms with Crippen LogP contribution in [0.15, 0.2) is 60.1 Å². The minimum atomic E-state index is -0.0553. The highest BCUT2D eigenvalue weighted by Gasteiger charge is 2.33. The summed E-state index contributed by atoms with van der Waals surface area (Å²) in [7, 11) is 0. The van der Waals surface area contributed by atoms with Crippen LogP contribution in [-0.4, -0.2) is 28.4 Å². The van der Waals surface area contributed by atoms with Crippen molar-refractivity contribution in [3.8, 4) is 5.88 Å². The Labute approximate surface area is 163 Å². The van der Waals surface area contributed by atoms with Crippen molar-refractivity contribution < 1.29 is 9.53 Å². The quantitative estimate of drug-likeness (QED) is 0.660. The number of benzene rings is 1. The molecule has 0 saturated heterocycles. The Balaban J connectivity index is 1.66. The van der Waals surface area contributed by atoms with Gasteiger partial charge >= 0.3 is 0 Å². The lowest BCUT2D eigenvalue weighted by atomic mass is 9.93. The number of hydrogen-bond donors (Lipinski definition) is 0. The molecule has 0 fully saturated rings. The van der Waals surface area contributed by atoms with Gasteiger partial charge in [0.15, 0.2) is 0 Å². The van der Waals surface area contributed by atoms with Gasteiger partial charge < -0.3 is 9.64 Å². The number of carbonyl (C=O) groups excluding carboxylic acids is 1. The summed E-state index contributed by atoms with van der Waals surface area (Å²) in [5.41, 5.74) is 2.96. The zero-order chi connectivity index (χ0) is 18.8. The van der Waals surface area contributed by atoms with Crippen LogP contribution in [0.4, 0.5) is 0 Å². The number of amides is 1. The predicted molar refractivity (Wildman–Crippen MR) is 107 cm³/mol. The highest BCUT2D eigenvalue weighted by atomic mass is 32.1. The van der Waals surface area contributed by atoms with Crippen LogP contribution < -0.4 is 4.74 Å². The molecule has 1 aliphatic heterocycles. The molecule has 3 aromatic rings. The summed E-state index contributed by atoms with van der Waals surface area (Å²) in [6, 6.07) is 15.9. The van der Waals surface area contributed by atoms with Crippen LogP contribution in [0.1, 0.15) is 46.3 Å². The van der Waals surface area contributed by atoms with Crippen molar-refractivity contribution in [3.05, 3.63) is 81.7 Å². The summed E-state index contributed by atoms with van der Waals surface area (Å²) < 4.78 is 5.59. The molecular formula is C22H22N2O2S. The van der Waals surface area contributed by atoms with E-state index < -0.39 is 0 Å². The molecule has 1 atom stereocenters. The third-order valence-electron chi connectivity index (χ3n) is 4.68. The Bertz CT molecular complexity index is 919. The van der Waals surface area contributed by atoms with Crippen molar-refractivity contribution in [2.45, 2.75) is 32.4 Å². The maximum absolute atomic E-state index is 13.3. The van der Waals surface area contributed by atoms with Crippen molar-refractivity contribution >= 4 is 17.2 Å². The first-order chi connectivity index (χ1) is 13.1. The maximum Gasteiger partial charge on any atom is 0.256 e. The summed E-state index contributed by atoms with van der Waals surface area (Å²) in [4.78, 5) is 20.9. The Morgan fingerprint density at radius 2 is 2.00 bits per heavy atom. The van der Waals surface area contributed by atoms with Crippen molar-refractivity contribution in [3.63, 3.8) is 0 Å². The number of nitrogens with zero attached hydrogens (tertiary/aromatic N) is 2. The van der Waals surface area contributed by atoms with Crippen molar-refractivity contribution in [2.24, 2.45) is 0 Å². The fourth-order valence-corrected chi connectivity index (χ4v) is 4.42. The summed E-state index contributed by atoms with van der Waals surface area (Å²) in [5, 5.41) is 2.12. The molecule has 2 aromatic heterocycles. The first-order valence-electron chi connectivity index (χ1n) is 9.18. The van der Waals surface area contributed by atoms with Crippen LogP contribution >= 0.6 is 11.3 Å². The number of rotatable bonds is 4. The number of aromatic nitrogens is 1. The van der Waals surface area contributed by atoms with Crippen LogP contribution in [0.3, 0.4) is 0 Å². The van der Waals surface area contributed by atoms with Gasteiger partial charge in [0.25, 0.3) is 5.91 Å². The van der Waals surface area contributed by atoms with E-state index in [1.165, 1.54) is 10.4 Å². The molecule has 3 heterocycles. The molecule has 0 saturated carbocycles. The van der Waals surface area contributed by atoms with Gasteiger partial charge in [-0.25, -0.2) is 4.98 Å². The zero-order valence-electron chi connectivity index (χ0n) is 15.5. The number of pyridine rings is 1. The third-order valence-corrected chi connectivity index (χ3v) is 5.68. The van der Waals surface area contributed by atoms with Gasteiger partial charge in [-0.05, 0) is 48.9 Å². The van der Waals surface area contributed by atoms with Gasteiger partial charge in [-0.15, -0.1) is 11.3 Å². The topological polar surface area (TPSA) is 42.4 Å². The largest absolute Gasteiger partial charge is 0.475 e. The van der Waals surface area contributed by atoms with E-state index in [9.17, 15) is 4.79 Å². The molecule has 0 spiro atoms. The van der Waals surface area contributed by atoms with E-state index in [0.717, 1.165) is 12.0 Å². The van der Waals surface area contributed by atoms with Crippen molar-refractivity contribution in [1.29, 1.82) is 0 Å². The number of hydrogen-bond acceptors (Lipinski definition) is 4. The highest BCUT2D eigenvalue weighted by molar-refractivity contribution is 7.10. The number of fused-ring (bicyclic) bond motifs is 1. The van der Waals surface area contributed by atoms with Crippen LogP contribution in [0, 0.1) is 0 Å². The second kappa shape index (κ2) is 7.53. The molecule has 0 bridgehead atoms. The van der Waals surface area contributed by atoms with E-state index in [-0.39, 0.29) is 18.1 Å². The Hall–Kier alpha value is -2.66. The van der Waals surface area contributed by atoms with E-state index in [4.69, 9.17) is 4.74 Å². The van der Waals surface area contributed by atoms with E-state index in [1.807, 2.05) is 36.9 Å². The lowest BCUT2D eigenvalue weighted by Gasteiger charge is -2.36. The Morgan fingerprint density at radius 3 is 2.70 bits per heavy atom. The SMILES string of the molecule is CC(C)Oc1ccc(C(=O)N2CCc3sccc3C2c2ccccc2)cn1. The first kappa shape index (κ1) is 17.7. The summed E-state index contributed by atoms with van der Waals surface area (Å²) in [5.74, 6) is 0.546. The molecule has 1 aliphatic rings. The van der Waals surface area contributed by atoms with E-state index >= 15 is 0 Å². The molecule has 0 N–H and O–H groups in total. The molecule has 4 nitrogen and oxygen atoms in total. The lowest BCUT2D eigenvalue weighted by molar-refractivity contribution is 0.0695. The lowest BCUT2D eigenvalue weighted by Crippen LogP contribution is -2.40. The summed E-state index contributed by atoms with van der Waals surface area (Å²) in [6.07, 6.45) is 2.57. The fourth-order valence-electron chi connectivity index (χ4n) is 3.51. The van der Waals surface area contributed by atoms with Crippen molar-refractivity contribution in [1.82, 2.24) is 9.88 Å². The molecule has 1 aromatic carbocycles. The smallest absolute Gasteiger partial charge is 0.256 e. The molecule has 0 aliphatic carbocycles. The van der Waals surface area contributed by atoms with Crippen LogP contribution in [0.25, 0.3) is 0 Å². The predicted octanol–water partition coefficient (Wildman–Crippen LogP) is 4.72. The second-order valence-corrected chi connectivity index (χ2v) is 7.91. The molecule has 5 heteroatoms. The average Bonchev–Trinajstić information content (AvgIpc) is 3.16. The van der Waals surface area contributed by atoms with Gasteiger partial charge in [0, 0.05) is 23.7 Å². The normalized spacial score (nSPS) is 16.3. The van der Waals surface area contributed by atoms with Gasteiger partial charge in [-0.1, -0.05) is 30.3 Å². The van der Waals surface area contributed by atoms with Crippen molar-refractivity contribution in [2.75, 3.05) is 6.54 Å². The van der Waals surface area contributed by atoms with Gasteiger partial charge in [-0.2, -0.15) is 0 Å². The molecule has 27 heavy (non-hydrogen) atoms. The Morgan fingerprint density at radius 1 is 1.19 bits per heavy atom. The molecule has 4 rings (SSSR count). The van der Waals surface area contributed by atoms with Gasteiger partial charge in [-0.3, -0.25) is 4.79 Å². The molecule has 0 radical (unpaired) electrons. The monoisotopic (exact) mass is 378 g/mol. The highest BCUT2D eigenvalue weighted by Crippen LogP contribution is 2.38. The minimum absolute atomic E-state index is 0.00398. The van der Waals surface area contributed by atoms with Crippen LogP contribution in [-0.2, 0) is 6.42 Å². The fraction of sp³-hybridized carbons (Fsp3) is 0.273. The third kappa shape index (κ3) is 3.60. The number of thiophene rings is 1. The standard InChI is InChI=1S/C22H22N2O2S/c1-15(2)26-20-9-8-17(14-23-20)22(25)24-12-10-19-18(11-13-27-19)21(24)16-6-4-3-5-7-16/h3-9,11,13-15,21H,10,12H2,1-2H3. The molecule has 1 amide bonds. The zero-order valence-corrected chi connectivity index (χ0v) is 16.3. The number of carbonyl (C=O) groups is 1. The van der Waals surface area contributed by atoms with E-state index in [2.05, 4.69) is 28.6 Å². The minimum Gasteiger partial charge on any atom is -0.475 e. The average molecular weight is 378 g/mol. The number of ether oxygens (including phenoxy) is 1. The summed E-state index contributed by atoms with van der Waals surface area (Å²) in [6.45, 7) is 4.62. The molecule has 138 valence electrons. The van der Waals surface area contributed by atoms with Crippen LogP contribution in [0.2, 0.25) is 0 Å². The second-order valence-electron chi connectivity index (χ2n) is 6.91. The molecular weight excluding hydrogens is 356 g/mol. The first-order valence-corrected chi connectivity index (χ1v) is 10.1. The van der Waals surface area contributed by atoms with Gasteiger partial charge in [0.05, 0.1) is 17.7 Å². The van der Waals surface area contributed by atoms with E-state index in [1.54, 1.807) is 29.7 Å². The van der Waals surface area contributed by atoms with E-state index in [0.29, 0.717) is 18.0 Å². The van der Waals surface area contributed by atoms with Crippen LogP contribution in [0.5, 0.6) is 5.88 Å².